The van der Waals surface area contributed by atoms with Crippen LogP contribution in [0.15, 0.2) is 72.8 Å². The highest BCUT2D eigenvalue weighted by Gasteiger charge is 2.18. The quantitative estimate of drug-likeness (QED) is 0.439. The van der Waals surface area contributed by atoms with Gasteiger partial charge in [-0.3, -0.25) is 4.79 Å². The van der Waals surface area contributed by atoms with Gasteiger partial charge in [0.1, 0.15) is 10.8 Å². The van der Waals surface area contributed by atoms with Crippen molar-refractivity contribution in [3.8, 4) is 16.3 Å². The molecule has 0 bridgehead atoms. The van der Waals surface area contributed by atoms with Gasteiger partial charge >= 0.3 is 0 Å². The third kappa shape index (κ3) is 4.01. The van der Waals surface area contributed by atoms with Crippen molar-refractivity contribution in [2.24, 2.45) is 0 Å². The van der Waals surface area contributed by atoms with Gasteiger partial charge in [-0.15, -0.1) is 11.3 Å². The number of anilines is 1. The van der Waals surface area contributed by atoms with Crippen molar-refractivity contribution >= 4 is 44.7 Å². The second kappa shape index (κ2) is 8.00. The lowest BCUT2D eigenvalue weighted by molar-refractivity contribution is -0.122. The largest absolute Gasteiger partial charge is 0.481 e. The molecule has 1 aromatic heterocycles. The van der Waals surface area contributed by atoms with Gasteiger partial charge in [0.25, 0.3) is 5.91 Å². The van der Waals surface area contributed by atoms with Gasteiger partial charge in [-0.2, -0.15) is 0 Å². The Kier molecular flexibility index (Phi) is 5.28. The van der Waals surface area contributed by atoms with E-state index >= 15 is 0 Å². The first-order valence-electron chi connectivity index (χ1n) is 8.78. The molecule has 3 aromatic carbocycles. The lowest BCUT2D eigenvalue weighted by Crippen LogP contribution is -2.30. The molecule has 0 aliphatic carbocycles. The number of benzene rings is 3. The number of fused-ring (bicyclic) bond motifs is 1. The topological polar surface area (TPSA) is 51.2 Å². The Hall–Kier alpha value is -2.89. The molecule has 4 aromatic rings. The predicted molar refractivity (Wildman–Crippen MR) is 115 cm³/mol. The first-order valence-corrected chi connectivity index (χ1v) is 9.97. The summed E-state index contributed by atoms with van der Waals surface area (Å²) in [4.78, 5) is 17.4. The molecule has 6 heteroatoms. The van der Waals surface area contributed by atoms with Gasteiger partial charge in [-0.05, 0) is 49.4 Å². The second-order valence-corrected chi connectivity index (χ2v) is 7.71. The van der Waals surface area contributed by atoms with Crippen molar-refractivity contribution in [2.75, 3.05) is 5.32 Å². The zero-order chi connectivity index (χ0) is 19.5. The van der Waals surface area contributed by atoms with Crippen molar-refractivity contribution in [2.45, 2.75) is 13.0 Å². The van der Waals surface area contributed by atoms with Crippen LogP contribution in [0.2, 0.25) is 5.02 Å². The average molecular weight is 409 g/mol. The number of rotatable bonds is 5. The van der Waals surface area contributed by atoms with E-state index in [9.17, 15) is 4.79 Å². The van der Waals surface area contributed by atoms with Gasteiger partial charge in [0.05, 0.1) is 15.9 Å². The minimum Gasteiger partial charge on any atom is -0.481 e. The Morgan fingerprint density at radius 3 is 2.68 bits per heavy atom. The van der Waals surface area contributed by atoms with Crippen LogP contribution in [0.3, 0.4) is 0 Å². The van der Waals surface area contributed by atoms with E-state index in [0.29, 0.717) is 16.5 Å². The SMILES string of the molecule is CC(Oc1cccc(Cl)c1)C(=O)Nc1ccccc1-c1nc2ccccc2s1. The molecule has 4 rings (SSSR count). The lowest BCUT2D eigenvalue weighted by atomic mass is 10.2. The number of ether oxygens (including phenoxy) is 1. The van der Waals surface area contributed by atoms with Gasteiger partial charge < -0.3 is 10.1 Å². The van der Waals surface area contributed by atoms with Crippen LogP contribution in [0, 0.1) is 0 Å². The van der Waals surface area contributed by atoms with E-state index in [0.717, 1.165) is 20.8 Å². The fraction of sp³-hybridized carbons (Fsp3) is 0.0909. The number of hydrogen-bond acceptors (Lipinski definition) is 4. The van der Waals surface area contributed by atoms with Crippen LogP contribution in [0.4, 0.5) is 5.69 Å². The van der Waals surface area contributed by atoms with Crippen molar-refractivity contribution in [3.63, 3.8) is 0 Å². The van der Waals surface area contributed by atoms with Crippen LogP contribution in [-0.4, -0.2) is 17.0 Å². The maximum atomic E-state index is 12.7. The number of aromatic nitrogens is 1. The Labute approximate surface area is 171 Å². The number of hydrogen-bond donors (Lipinski definition) is 1. The molecule has 0 aliphatic heterocycles. The van der Waals surface area contributed by atoms with E-state index in [2.05, 4.69) is 5.32 Å². The van der Waals surface area contributed by atoms with Crippen LogP contribution >= 0.6 is 22.9 Å². The summed E-state index contributed by atoms with van der Waals surface area (Å²) < 4.78 is 6.82. The van der Waals surface area contributed by atoms with E-state index in [4.69, 9.17) is 21.3 Å². The maximum absolute atomic E-state index is 12.7. The zero-order valence-corrected chi connectivity index (χ0v) is 16.6. The van der Waals surface area contributed by atoms with E-state index < -0.39 is 6.10 Å². The molecular weight excluding hydrogens is 392 g/mol. The first-order chi connectivity index (χ1) is 13.6. The maximum Gasteiger partial charge on any atom is 0.265 e. The standard InChI is InChI=1S/C22H17ClN2O2S/c1-14(27-16-8-6-7-15(23)13-16)21(26)24-18-10-3-2-9-17(18)22-25-19-11-4-5-12-20(19)28-22/h2-14H,1H3,(H,24,26). The van der Waals surface area contributed by atoms with Crippen molar-refractivity contribution < 1.29 is 9.53 Å². The smallest absolute Gasteiger partial charge is 0.265 e. The Morgan fingerprint density at radius 2 is 1.86 bits per heavy atom. The lowest BCUT2D eigenvalue weighted by Gasteiger charge is -2.16. The summed E-state index contributed by atoms with van der Waals surface area (Å²) >= 11 is 7.57. The fourth-order valence-corrected chi connectivity index (χ4v) is 3.98. The minimum atomic E-state index is -0.679. The fourth-order valence-electron chi connectivity index (χ4n) is 2.80. The normalized spacial score (nSPS) is 11.9. The van der Waals surface area contributed by atoms with E-state index in [1.807, 2.05) is 48.5 Å². The Bertz CT molecular complexity index is 1110. The van der Waals surface area contributed by atoms with Crippen LogP contribution in [0.5, 0.6) is 5.75 Å². The molecule has 1 atom stereocenters. The molecule has 0 fully saturated rings. The molecule has 0 radical (unpaired) electrons. The van der Waals surface area contributed by atoms with Crippen molar-refractivity contribution in [1.29, 1.82) is 0 Å². The number of carbonyl (C=O) groups is 1. The summed E-state index contributed by atoms with van der Waals surface area (Å²) in [6.45, 7) is 1.70. The number of halogens is 1. The molecule has 0 aliphatic rings. The first kappa shape index (κ1) is 18.5. The number of amides is 1. The summed E-state index contributed by atoms with van der Waals surface area (Å²) in [5.41, 5.74) is 2.53. The molecule has 0 saturated heterocycles. The highest BCUT2D eigenvalue weighted by atomic mass is 35.5. The summed E-state index contributed by atoms with van der Waals surface area (Å²) in [6, 6.07) is 22.6. The van der Waals surface area contributed by atoms with Gasteiger partial charge in [0.2, 0.25) is 0 Å². The molecule has 140 valence electrons. The third-order valence-corrected chi connectivity index (χ3v) is 5.49. The van der Waals surface area contributed by atoms with Crippen LogP contribution in [0.1, 0.15) is 6.92 Å². The summed E-state index contributed by atoms with van der Waals surface area (Å²) in [7, 11) is 0. The molecule has 1 unspecified atom stereocenters. The predicted octanol–water partition coefficient (Wildman–Crippen LogP) is 6.02. The number of carbonyl (C=O) groups excluding carboxylic acids is 1. The molecular formula is C22H17ClN2O2S. The molecule has 0 spiro atoms. The van der Waals surface area contributed by atoms with E-state index in [-0.39, 0.29) is 5.91 Å². The number of para-hydroxylation sites is 2. The monoisotopic (exact) mass is 408 g/mol. The minimum absolute atomic E-state index is 0.242. The molecule has 4 nitrogen and oxygen atoms in total. The zero-order valence-electron chi connectivity index (χ0n) is 15.1. The van der Waals surface area contributed by atoms with E-state index in [1.165, 1.54) is 0 Å². The molecule has 1 heterocycles. The average Bonchev–Trinajstić information content (AvgIpc) is 3.12. The number of thiazole rings is 1. The van der Waals surface area contributed by atoms with Crippen molar-refractivity contribution in [3.05, 3.63) is 77.8 Å². The van der Waals surface area contributed by atoms with Crippen LogP contribution in [0.25, 0.3) is 20.8 Å². The van der Waals surface area contributed by atoms with Crippen molar-refractivity contribution in [1.82, 2.24) is 4.98 Å². The summed E-state index contributed by atoms with van der Waals surface area (Å²) in [5, 5.41) is 4.38. The Balaban J connectivity index is 1.55. The highest BCUT2D eigenvalue weighted by molar-refractivity contribution is 7.21. The third-order valence-electron chi connectivity index (χ3n) is 4.19. The van der Waals surface area contributed by atoms with Crippen LogP contribution < -0.4 is 10.1 Å². The second-order valence-electron chi connectivity index (χ2n) is 6.24. The van der Waals surface area contributed by atoms with E-state index in [1.54, 1.807) is 42.5 Å². The molecule has 1 amide bonds. The number of nitrogens with zero attached hydrogens (tertiary/aromatic N) is 1. The van der Waals surface area contributed by atoms with Gasteiger partial charge in [-0.1, -0.05) is 41.9 Å². The molecule has 1 N–H and O–H groups in total. The van der Waals surface area contributed by atoms with Crippen LogP contribution in [-0.2, 0) is 4.79 Å². The van der Waals surface area contributed by atoms with Gasteiger partial charge in [-0.25, -0.2) is 4.98 Å². The summed E-state index contributed by atoms with van der Waals surface area (Å²) in [6.07, 6.45) is -0.679. The van der Waals surface area contributed by atoms with Gasteiger partial charge in [0.15, 0.2) is 6.10 Å². The molecule has 0 saturated carbocycles. The van der Waals surface area contributed by atoms with Gasteiger partial charge in [0, 0.05) is 10.6 Å². The number of nitrogens with one attached hydrogen (secondary N) is 1. The summed E-state index contributed by atoms with van der Waals surface area (Å²) in [5.74, 6) is 0.308. The Morgan fingerprint density at radius 1 is 1.07 bits per heavy atom. The molecule has 28 heavy (non-hydrogen) atoms. The highest BCUT2D eigenvalue weighted by Crippen LogP contribution is 2.34.